The number of carbonyl (C=O) groups excluding carboxylic acids is 1. The number of nitrogens with one attached hydrogen (secondary N) is 1. The second-order valence-electron chi connectivity index (χ2n) is 6.75. The molecule has 1 heterocycles. The third-order valence-corrected chi connectivity index (χ3v) is 4.63. The van der Waals surface area contributed by atoms with Crippen LogP contribution >= 0.6 is 0 Å². The van der Waals surface area contributed by atoms with E-state index < -0.39 is 6.23 Å². The highest BCUT2D eigenvalue weighted by molar-refractivity contribution is 5.94. The summed E-state index contributed by atoms with van der Waals surface area (Å²) in [5.74, 6) is 0.0385. The zero-order valence-electron chi connectivity index (χ0n) is 14.9. The average molecular weight is 339 g/mol. The van der Waals surface area contributed by atoms with E-state index in [0.29, 0.717) is 0 Å². The quantitative estimate of drug-likeness (QED) is 0.750. The van der Waals surface area contributed by atoms with E-state index in [1.165, 1.54) is 0 Å². The number of aliphatic hydroxyl groups is 1. The summed E-state index contributed by atoms with van der Waals surface area (Å²) < 4.78 is 0. The van der Waals surface area contributed by atoms with Crippen LogP contribution in [0.5, 0.6) is 0 Å². The van der Waals surface area contributed by atoms with Crippen LogP contribution in [0.15, 0.2) is 42.5 Å². The molecule has 0 saturated heterocycles. The molecule has 25 heavy (non-hydrogen) atoms. The van der Waals surface area contributed by atoms with Gasteiger partial charge in [0.2, 0.25) is 5.91 Å². The summed E-state index contributed by atoms with van der Waals surface area (Å²) in [6, 6.07) is 14.0. The predicted molar refractivity (Wildman–Crippen MR) is 101 cm³/mol. The van der Waals surface area contributed by atoms with E-state index >= 15 is 0 Å². The molecule has 5 heteroatoms. The number of aliphatic hydroxyl groups excluding tert-OH is 1. The van der Waals surface area contributed by atoms with Crippen molar-refractivity contribution in [2.45, 2.75) is 45.5 Å². The smallest absolute Gasteiger partial charge is 0.224 e. The molecule has 1 aliphatic rings. The molecule has 0 saturated carbocycles. The number of hydrogen-bond donors (Lipinski definition) is 3. The van der Waals surface area contributed by atoms with Crippen LogP contribution in [-0.4, -0.2) is 23.3 Å². The van der Waals surface area contributed by atoms with Crippen LogP contribution < -0.4 is 16.0 Å². The van der Waals surface area contributed by atoms with Crippen molar-refractivity contribution in [1.29, 1.82) is 0 Å². The lowest BCUT2D eigenvalue weighted by molar-refractivity contribution is -0.117. The normalized spacial score (nSPS) is 20.8. The Bertz CT molecular complexity index is 788. The van der Waals surface area contributed by atoms with E-state index in [9.17, 15) is 9.90 Å². The fourth-order valence-electron chi connectivity index (χ4n) is 3.60. The molecule has 0 bridgehead atoms. The number of nitrogens with two attached hydrogens (primary N) is 1. The topological polar surface area (TPSA) is 78.6 Å². The van der Waals surface area contributed by atoms with Crippen molar-refractivity contribution in [3.63, 3.8) is 0 Å². The molecule has 0 spiro atoms. The highest BCUT2D eigenvalue weighted by Crippen LogP contribution is 2.38. The molecule has 3 atom stereocenters. The molecule has 0 aliphatic carbocycles. The fraction of sp³-hybridized carbons (Fsp3) is 0.350. The molecular weight excluding hydrogens is 314 g/mol. The molecule has 2 aromatic carbocycles. The minimum absolute atomic E-state index is 0.0385. The molecule has 1 unspecified atom stereocenters. The maximum atomic E-state index is 12.0. The van der Waals surface area contributed by atoms with Gasteiger partial charge in [0.05, 0.1) is 0 Å². The lowest BCUT2D eigenvalue weighted by Crippen LogP contribution is -2.43. The molecule has 1 aliphatic heterocycles. The van der Waals surface area contributed by atoms with Crippen LogP contribution in [0.4, 0.5) is 11.4 Å². The number of hydrogen-bond acceptors (Lipinski definition) is 4. The summed E-state index contributed by atoms with van der Waals surface area (Å²) in [6.45, 7) is 5.31. The lowest BCUT2D eigenvalue weighted by Gasteiger charge is -2.38. The first-order valence-corrected chi connectivity index (χ1v) is 8.61. The number of anilines is 2. The van der Waals surface area contributed by atoms with Gasteiger partial charge < -0.3 is 21.1 Å². The van der Waals surface area contributed by atoms with Crippen LogP contribution in [0.25, 0.3) is 11.1 Å². The minimum Gasteiger partial charge on any atom is -0.374 e. The Kier molecular flexibility index (Phi) is 4.79. The van der Waals surface area contributed by atoms with Gasteiger partial charge in [-0.05, 0) is 61.2 Å². The molecule has 0 fully saturated rings. The van der Waals surface area contributed by atoms with Gasteiger partial charge >= 0.3 is 0 Å². The van der Waals surface area contributed by atoms with Crippen molar-refractivity contribution in [2.75, 3.05) is 10.2 Å². The van der Waals surface area contributed by atoms with Crippen LogP contribution in [0.1, 0.15) is 38.8 Å². The summed E-state index contributed by atoms with van der Waals surface area (Å²) in [5.41, 5.74) is 11.2. The number of carbonyl (C=O) groups is 1. The Morgan fingerprint density at radius 3 is 2.68 bits per heavy atom. The molecule has 132 valence electrons. The number of nitrogens with zero attached hydrogens (tertiary/aromatic N) is 1. The Labute approximate surface area is 148 Å². The highest BCUT2D eigenvalue weighted by Gasteiger charge is 2.30. The van der Waals surface area contributed by atoms with Crippen molar-refractivity contribution < 1.29 is 9.90 Å². The van der Waals surface area contributed by atoms with Gasteiger partial charge in [0.1, 0.15) is 6.23 Å². The Morgan fingerprint density at radius 2 is 2.00 bits per heavy atom. The highest BCUT2D eigenvalue weighted by atomic mass is 16.3. The van der Waals surface area contributed by atoms with Gasteiger partial charge in [-0.1, -0.05) is 18.2 Å². The van der Waals surface area contributed by atoms with E-state index in [0.717, 1.165) is 34.5 Å². The van der Waals surface area contributed by atoms with E-state index in [-0.39, 0.29) is 18.0 Å². The van der Waals surface area contributed by atoms with E-state index in [1.54, 1.807) is 13.8 Å². The van der Waals surface area contributed by atoms with Crippen molar-refractivity contribution in [3.05, 3.63) is 48.0 Å². The predicted octanol–water partition coefficient (Wildman–Crippen LogP) is 3.25. The fourth-order valence-corrected chi connectivity index (χ4v) is 3.60. The first-order chi connectivity index (χ1) is 11.9. The second-order valence-corrected chi connectivity index (χ2v) is 6.75. The molecule has 4 N–H and O–H groups in total. The molecule has 0 aromatic heterocycles. The summed E-state index contributed by atoms with van der Waals surface area (Å²) in [5, 5.41) is 12.5. The molecule has 3 rings (SSSR count). The molecule has 5 nitrogen and oxygen atoms in total. The molecule has 2 aromatic rings. The van der Waals surface area contributed by atoms with Gasteiger partial charge in [0, 0.05) is 30.4 Å². The first kappa shape index (κ1) is 17.5. The number of amides is 1. The number of benzene rings is 2. The lowest BCUT2D eigenvalue weighted by atomic mass is 9.89. The van der Waals surface area contributed by atoms with E-state index in [2.05, 4.69) is 11.4 Å². The maximum Gasteiger partial charge on any atom is 0.224 e. The van der Waals surface area contributed by atoms with Crippen LogP contribution in [0.2, 0.25) is 0 Å². The van der Waals surface area contributed by atoms with E-state index in [4.69, 9.17) is 5.73 Å². The summed E-state index contributed by atoms with van der Waals surface area (Å²) >= 11 is 0. The van der Waals surface area contributed by atoms with Crippen molar-refractivity contribution in [1.82, 2.24) is 0 Å². The molecule has 1 amide bonds. The van der Waals surface area contributed by atoms with Crippen LogP contribution in [0, 0.1) is 0 Å². The summed E-state index contributed by atoms with van der Waals surface area (Å²) in [4.78, 5) is 13.9. The largest absolute Gasteiger partial charge is 0.374 e. The Hall–Kier alpha value is -2.37. The van der Waals surface area contributed by atoms with Crippen LogP contribution in [-0.2, 0) is 4.79 Å². The zero-order valence-corrected chi connectivity index (χ0v) is 14.9. The second kappa shape index (κ2) is 6.86. The van der Waals surface area contributed by atoms with Gasteiger partial charge in [-0.3, -0.25) is 4.79 Å². The van der Waals surface area contributed by atoms with E-state index in [1.807, 2.05) is 48.2 Å². The maximum absolute atomic E-state index is 12.0. The minimum atomic E-state index is -0.613. The molecule has 0 radical (unpaired) electrons. The van der Waals surface area contributed by atoms with Gasteiger partial charge in [-0.2, -0.15) is 0 Å². The Balaban J connectivity index is 2.01. The monoisotopic (exact) mass is 339 g/mol. The van der Waals surface area contributed by atoms with Crippen molar-refractivity contribution in [2.24, 2.45) is 5.73 Å². The Morgan fingerprint density at radius 1 is 1.28 bits per heavy atom. The SMILES string of the molecule is CC(=O)N1c2ccc(-c3cccc(NC(C)O)c3)cc2[C@H](N)C[C@@H]1C. The third-order valence-electron chi connectivity index (χ3n) is 4.63. The van der Waals surface area contributed by atoms with Gasteiger partial charge in [-0.15, -0.1) is 0 Å². The summed E-state index contributed by atoms with van der Waals surface area (Å²) in [6.07, 6.45) is 0.137. The zero-order chi connectivity index (χ0) is 18.1. The third kappa shape index (κ3) is 3.52. The van der Waals surface area contributed by atoms with Gasteiger partial charge in [-0.25, -0.2) is 0 Å². The first-order valence-electron chi connectivity index (χ1n) is 8.61. The average Bonchev–Trinajstić information content (AvgIpc) is 2.54. The van der Waals surface area contributed by atoms with Crippen molar-refractivity contribution in [3.8, 4) is 11.1 Å². The van der Waals surface area contributed by atoms with Crippen molar-refractivity contribution >= 4 is 17.3 Å². The van der Waals surface area contributed by atoms with Crippen LogP contribution in [0.3, 0.4) is 0 Å². The number of fused-ring (bicyclic) bond motifs is 1. The summed E-state index contributed by atoms with van der Waals surface area (Å²) in [7, 11) is 0. The van der Waals surface area contributed by atoms with Gasteiger partial charge in [0.25, 0.3) is 0 Å². The van der Waals surface area contributed by atoms with Gasteiger partial charge in [0.15, 0.2) is 0 Å². The molecular formula is C20H25N3O2. The number of rotatable bonds is 3. The standard InChI is InChI=1S/C20H25N3O2/c1-12-9-19(21)18-11-16(7-8-20(18)23(12)14(3)25)15-5-4-6-17(10-15)22-13(2)24/h4-8,10-13,19,22,24H,9,21H2,1-3H3/t12-,13?,19+/m0/s1.